The van der Waals surface area contributed by atoms with Gasteiger partial charge in [-0.25, -0.2) is 9.79 Å². The van der Waals surface area contributed by atoms with E-state index in [1.54, 1.807) is 7.11 Å². The fourth-order valence-corrected chi connectivity index (χ4v) is 5.41. The van der Waals surface area contributed by atoms with Gasteiger partial charge in [-0.05, 0) is 55.1 Å². The van der Waals surface area contributed by atoms with Gasteiger partial charge in [0.1, 0.15) is 11.6 Å². The number of amides is 2. The number of carbonyl (C=O) groups excluding carboxylic acids is 1. The minimum atomic E-state index is -0.0310. The Balaban J connectivity index is 1.31. The Bertz CT molecular complexity index is 841. The highest BCUT2D eigenvalue weighted by Gasteiger charge is 2.41. The molecule has 1 N–H and O–H groups in total. The van der Waals surface area contributed by atoms with Crippen molar-refractivity contribution in [1.82, 2.24) is 10.2 Å². The number of hydrogen-bond donors (Lipinski definition) is 1. The van der Waals surface area contributed by atoms with E-state index in [0.29, 0.717) is 12.3 Å². The van der Waals surface area contributed by atoms with Gasteiger partial charge in [0, 0.05) is 51.5 Å². The first-order valence-corrected chi connectivity index (χ1v) is 11.2. The molecule has 0 atom stereocenters. The number of likely N-dealkylation sites (tertiary alicyclic amines) is 1. The number of carbonyl (C=O) groups is 1. The third-order valence-electron chi connectivity index (χ3n) is 7.27. The highest BCUT2D eigenvalue weighted by atomic mass is 16.5. The predicted molar refractivity (Wildman–Crippen MR) is 114 cm³/mol. The van der Waals surface area contributed by atoms with Crippen molar-refractivity contribution in [3.8, 4) is 5.75 Å². The number of amidine groups is 1. The number of benzene rings is 1. The summed E-state index contributed by atoms with van der Waals surface area (Å²) in [6, 6.07) is 4.15. The summed E-state index contributed by atoms with van der Waals surface area (Å²) in [5.41, 5.74) is 3.56. The van der Waals surface area contributed by atoms with Crippen molar-refractivity contribution in [3.05, 3.63) is 23.3 Å². The fourth-order valence-electron chi connectivity index (χ4n) is 5.41. The van der Waals surface area contributed by atoms with Crippen LogP contribution in [0, 0.1) is 5.41 Å². The third kappa shape index (κ3) is 3.69. The molecule has 0 bridgehead atoms. The molecule has 162 valence electrons. The number of aliphatic imine (C=N–C) groups is 1. The van der Waals surface area contributed by atoms with Gasteiger partial charge in [-0.2, -0.15) is 0 Å². The van der Waals surface area contributed by atoms with Gasteiger partial charge in [0.25, 0.3) is 0 Å². The summed E-state index contributed by atoms with van der Waals surface area (Å²) in [6.45, 7) is 4.83. The maximum absolute atomic E-state index is 13.0. The van der Waals surface area contributed by atoms with Crippen molar-refractivity contribution in [1.29, 1.82) is 0 Å². The van der Waals surface area contributed by atoms with E-state index in [4.69, 9.17) is 19.2 Å². The SMILES string of the molecule is COc1ccc(C2CCOCC2)c2c1CC(NC(=O)N1CCC3(CCOCC3)C1)=N2. The molecule has 1 aromatic rings. The van der Waals surface area contributed by atoms with Gasteiger partial charge >= 0.3 is 6.03 Å². The Morgan fingerprint density at radius 3 is 2.70 bits per heavy atom. The molecule has 1 spiro atoms. The zero-order chi connectivity index (χ0) is 20.6. The Labute approximate surface area is 177 Å². The molecule has 4 aliphatic heterocycles. The molecule has 0 aromatic heterocycles. The summed E-state index contributed by atoms with van der Waals surface area (Å²) < 4.78 is 16.6. The lowest BCUT2D eigenvalue weighted by Crippen LogP contribution is -2.43. The Morgan fingerprint density at radius 1 is 1.17 bits per heavy atom. The lowest BCUT2D eigenvalue weighted by molar-refractivity contribution is 0.0209. The molecule has 0 aliphatic carbocycles. The van der Waals surface area contributed by atoms with Crippen molar-refractivity contribution >= 4 is 17.6 Å². The molecular formula is C23H31N3O4. The van der Waals surface area contributed by atoms with Crippen LogP contribution < -0.4 is 10.1 Å². The molecule has 30 heavy (non-hydrogen) atoms. The van der Waals surface area contributed by atoms with Crippen LogP contribution in [0.15, 0.2) is 17.1 Å². The Kier molecular flexibility index (Phi) is 5.41. The molecule has 0 unspecified atom stereocenters. The van der Waals surface area contributed by atoms with Gasteiger partial charge in [0.2, 0.25) is 0 Å². The van der Waals surface area contributed by atoms with Gasteiger partial charge in [-0.15, -0.1) is 0 Å². The van der Waals surface area contributed by atoms with Crippen molar-refractivity contribution in [3.63, 3.8) is 0 Å². The van der Waals surface area contributed by atoms with E-state index in [-0.39, 0.29) is 11.4 Å². The minimum absolute atomic E-state index is 0.0310. The van der Waals surface area contributed by atoms with Crippen LogP contribution in [0.2, 0.25) is 0 Å². The molecule has 2 amide bonds. The van der Waals surface area contributed by atoms with E-state index < -0.39 is 0 Å². The molecule has 4 heterocycles. The average Bonchev–Trinajstić information content (AvgIpc) is 3.38. The fraction of sp³-hybridized carbons (Fsp3) is 0.652. The van der Waals surface area contributed by atoms with Crippen LogP contribution in [-0.2, 0) is 15.9 Å². The minimum Gasteiger partial charge on any atom is -0.496 e. The van der Waals surface area contributed by atoms with Crippen molar-refractivity contribution in [2.24, 2.45) is 10.4 Å². The molecule has 3 fully saturated rings. The van der Waals surface area contributed by atoms with Gasteiger partial charge in [0.15, 0.2) is 0 Å². The average molecular weight is 414 g/mol. The number of nitrogens with one attached hydrogen (secondary N) is 1. The largest absolute Gasteiger partial charge is 0.496 e. The van der Waals surface area contributed by atoms with Crippen molar-refractivity contribution < 1.29 is 19.0 Å². The second-order valence-electron chi connectivity index (χ2n) is 9.02. The highest BCUT2D eigenvalue weighted by molar-refractivity contribution is 6.03. The van der Waals surface area contributed by atoms with Crippen LogP contribution >= 0.6 is 0 Å². The lowest BCUT2D eigenvalue weighted by Gasteiger charge is -2.33. The number of urea groups is 1. The second kappa shape index (κ2) is 8.19. The van der Waals surface area contributed by atoms with Gasteiger partial charge in [-0.1, -0.05) is 6.07 Å². The number of rotatable bonds is 2. The molecular weight excluding hydrogens is 382 g/mol. The second-order valence-corrected chi connectivity index (χ2v) is 9.02. The molecule has 5 rings (SSSR count). The summed E-state index contributed by atoms with van der Waals surface area (Å²) in [7, 11) is 1.69. The van der Waals surface area contributed by atoms with Gasteiger partial charge in [-0.3, -0.25) is 5.32 Å². The summed E-state index contributed by atoms with van der Waals surface area (Å²) in [5.74, 6) is 2.01. The van der Waals surface area contributed by atoms with Crippen LogP contribution in [0.3, 0.4) is 0 Å². The lowest BCUT2D eigenvalue weighted by atomic mass is 9.80. The Morgan fingerprint density at radius 2 is 1.93 bits per heavy atom. The van der Waals surface area contributed by atoms with Crippen molar-refractivity contribution in [2.45, 2.75) is 44.4 Å². The molecule has 4 aliphatic rings. The van der Waals surface area contributed by atoms with Crippen LogP contribution in [-0.4, -0.2) is 63.4 Å². The first-order chi connectivity index (χ1) is 14.7. The van der Waals surface area contributed by atoms with Crippen molar-refractivity contribution in [2.75, 3.05) is 46.6 Å². The number of methoxy groups -OCH3 is 1. The quantitative estimate of drug-likeness (QED) is 0.807. The number of fused-ring (bicyclic) bond motifs is 1. The van der Waals surface area contributed by atoms with E-state index in [9.17, 15) is 4.79 Å². The number of nitrogens with zero attached hydrogens (tertiary/aromatic N) is 2. The van der Waals surface area contributed by atoms with Crippen LogP contribution in [0.4, 0.5) is 10.5 Å². The van der Waals surface area contributed by atoms with Gasteiger partial charge in [0.05, 0.1) is 12.8 Å². The smallest absolute Gasteiger partial charge is 0.322 e. The van der Waals surface area contributed by atoms with Crippen LogP contribution in [0.25, 0.3) is 0 Å². The van der Waals surface area contributed by atoms with Crippen LogP contribution in [0.1, 0.15) is 49.1 Å². The van der Waals surface area contributed by atoms with Crippen LogP contribution in [0.5, 0.6) is 5.75 Å². The topological polar surface area (TPSA) is 72.4 Å². The van der Waals surface area contributed by atoms with E-state index in [2.05, 4.69) is 11.4 Å². The summed E-state index contributed by atoms with van der Waals surface area (Å²) in [5, 5.41) is 3.10. The zero-order valence-corrected chi connectivity index (χ0v) is 17.7. The Hall–Kier alpha value is -2.12. The number of ether oxygens (including phenoxy) is 3. The molecule has 0 saturated carbocycles. The number of hydrogen-bond acceptors (Lipinski definition) is 5. The molecule has 7 heteroatoms. The molecule has 3 saturated heterocycles. The third-order valence-corrected chi connectivity index (χ3v) is 7.27. The standard InChI is InChI=1S/C23H31N3O4/c1-28-19-3-2-17(16-4-10-29-11-5-16)21-18(19)14-20(24-21)25-22(27)26-9-6-23(15-26)7-12-30-13-8-23/h2-3,16H,4-15H2,1H3,(H,24,25,27). The summed E-state index contributed by atoms with van der Waals surface area (Å²) in [4.78, 5) is 19.8. The summed E-state index contributed by atoms with van der Waals surface area (Å²) >= 11 is 0. The van der Waals surface area contributed by atoms with E-state index in [0.717, 1.165) is 94.5 Å². The molecule has 7 nitrogen and oxygen atoms in total. The molecule has 1 aromatic carbocycles. The first-order valence-electron chi connectivity index (χ1n) is 11.2. The monoisotopic (exact) mass is 413 g/mol. The van der Waals surface area contributed by atoms with E-state index in [1.807, 2.05) is 11.0 Å². The maximum Gasteiger partial charge on any atom is 0.322 e. The maximum atomic E-state index is 13.0. The van der Waals surface area contributed by atoms with Gasteiger partial charge < -0.3 is 19.1 Å². The predicted octanol–water partition coefficient (Wildman–Crippen LogP) is 3.39. The van der Waals surface area contributed by atoms with E-state index >= 15 is 0 Å². The summed E-state index contributed by atoms with van der Waals surface area (Å²) in [6.07, 6.45) is 5.79. The van der Waals surface area contributed by atoms with E-state index in [1.165, 1.54) is 5.56 Å². The first kappa shape index (κ1) is 19.8. The molecule has 0 radical (unpaired) electrons. The zero-order valence-electron chi connectivity index (χ0n) is 17.7. The normalized spacial score (nSPS) is 23.4. The highest BCUT2D eigenvalue weighted by Crippen LogP contribution is 2.43.